The molecule has 0 radical (unpaired) electrons. The monoisotopic (exact) mass is 373 g/mol. The highest BCUT2D eigenvalue weighted by Gasteiger charge is 2.21. The fraction of sp³-hybridized carbons (Fsp3) is 0.300. The molecule has 1 amide bonds. The second kappa shape index (κ2) is 9.47. The number of rotatable bonds is 8. The molecule has 7 heteroatoms. The molecule has 0 heterocycles. The van der Waals surface area contributed by atoms with E-state index >= 15 is 0 Å². The lowest BCUT2D eigenvalue weighted by Crippen LogP contribution is -2.30. The standard InChI is InChI=1S/C20H23NO6/c1-5-26-18-9-7-6-8-17(18)21-19(22)13(2)27-20(23)14-10-15(24-3)12-16(11-14)25-4/h6-13H,5H2,1-4H3,(H,21,22). The van der Waals surface area contributed by atoms with Gasteiger partial charge in [0.2, 0.25) is 0 Å². The van der Waals surface area contributed by atoms with Crippen molar-refractivity contribution in [2.45, 2.75) is 20.0 Å². The van der Waals surface area contributed by atoms with E-state index in [1.54, 1.807) is 30.3 Å². The van der Waals surface area contributed by atoms with Crippen molar-refractivity contribution in [2.24, 2.45) is 0 Å². The minimum Gasteiger partial charge on any atom is -0.497 e. The SMILES string of the molecule is CCOc1ccccc1NC(=O)C(C)OC(=O)c1cc(OC)cc(OC)c1. The van der Waals surface area contributed by atoms with Crippen LogP contribution < -0.4 is 19.5 Å². The Labute approximate surface area is 158 Å². The molecule has 2 aromatic rings. The summed E-state index contributed by atoms with van der Waals surface area (Å²) >= 11 is 0. The molecular weight excluding hydrogens is 350 g/mol. The summed E-state index contributed by atoms with van der Waals surface area (Å²) in [6, 6.07) is 11.7. The summed E-state index contributed by atoms with van der Waals surface area (Å²) in [5.74, 6) is 0.316. The Bertz CT molecular complexity index is 783. The molecule has 0 fully saturated rings. The zero-order valence-corrected chi connectivity index (χ0v) is 15.8. The average molecular weight is 373 g/mol. The van der Waals surface area contributed by atoms with Gasteiger partial charge in [-0.15, -0.1) is 0 Å². The molecule has 1 unspecified atom stereocenters. The number of amides is 1. The number of carbonyl (C=O) groups is 2. The lowest BCUT2D eigenvalue weighted by atomic mass is 10.2. The Balaban J connectivity index is 2.07. The molecule has 7 nitrogen and oxygen atoms in total. The van der Waals surface area contributed by atoms with Crippen LogP contribution >= 0.6 is 0 Å². The normalized spacial score (nSPS) is 11.3. The lowest BCUT2D eigenvalue weighted by Gasteiger charge is -2.16. The van der Waals surface area contributed by atoms with E-state index in [2.05, 4.69) is 5.32 Å². The largest absolute Gasteiger partial charge is 0.497 e. The van der Waals surface area contributed by atoms with Crippen LogP contribution in [-0.2, 0) is 9.53 Å². The summed E-state index contributed by atoms with van der Waals surface area (Å²) in [6.45, 7) is 3.81. The first-order valence-electron chi connectivity index (χ1n) is 8.45. The highest BCUT2D eigenvalue weighted by molar-refractivity contribution is 5.98. The maximum Gasteiger partial charge on any atom is 0.339 e. The maximum absolute atomic E-state index is 12.4. The van der Waals surface area contributed by atoms with E-state index in [-0.39, 0.29) is 5.56 Å². The summed E-state index contributed by atoms with van der Waals surface area (Å²) in [6.07, 6.45) is -1.01. The van der Waals surface area contributed by atoms with Crippen molar-refractivity contribution < 1.29 is 28.5 Å². The van der Waals surface area contributed by atoms with Crippen molar-refractivity contribution in [3.8, 4) is 17.2 Å². The Morgan fingerprint density at radius 3 is 2.26 bits per heavy atom. The van der Waals surface area contributed by atoms with Gasteiger partial charge in [0.25, 0.3) is 5.91 Å². The molecule has 0 bridgehead atoms. The third-order valence-corrected chi connectivity index (χ3v) is 3.68. The minimum atomic E-state index is -1.01. The molecule has 1 atom stereocenters. The topological polar surface area (TPSA) is 83.1 Å². The third-order valence-electron chi connectivity index (χ3n) is 3.68. The summed E-state index contributed by atoms with van der Waals surface area (Å²) in [4.78, 5) is 24.8. The maximum atomic E-state index is 12.4. The predicted octanol–water partition coefficient (Wildman–Crippen LogP) is 3.29. The van der Waals surface area contributed by atoms with Crippen LogP contribution in [0.25, 0.3) is 0 Å². The molecule has 2 rings (SSSR count). The number of nitrogens with one attached hydrogen (secondary N) is 1. The van der Waals surface area contributed by atoms with Crippen molar-refractivity contribution in [3.05, 3.63) is 48.0 Å². The molecule has 2 aromatic carbocycles. The van der Waals surface area contributed by atoms with Crippen LogP contribution in [0.15, 0.2) is 42.5 Å². The number of anilines is 1. The summed E-state index contributed by atoms with van der Waals surface area (Å²) in [5, 5.41) is 2.71. The van der Waals surface area contributed by atoms with Gasteiger partial charge in [-0.05, 0) is 38.1 Å². The molecule has 27 heavy (non-hydrogen) atoms. The van der Waals surface area contributed by atoms with Gasteiger partial charge in [-0.2, -0.15) is 0 Å². The van der Waals surface area contributed by atoms with Gasteiger partial charge in [-0.25, -0.2) is 4.79 Å². The molecule has 0 saturated heterocycles. The Morgan fingerprint density at radius 1 is 1.04 bits per heavy atom. The van der Waals surface area contributed by atoms with E-state index in [9.17, 15) is 9.59 Å². The third kappa shape index (κ3) is 5.37. The number of hydrogen-bond donors (Lipinski definition) is 1. The van der Waals surface area contributed by atoms with Gasteiger partial charge >= 0.3 is 5.97 Å². The van der Waals surface area contributed by atoms with Gasteiger partial charge in [-0.1, -0.05) is 12.1 Å². The molecule has 0 saturated carbocycles. The summed E-state index contributed by atoms with van der Waals surface area (Å²) in [7, 11) is 2.96. The van der Waals surface area contributed by atoms with Crippen molar-refractivity contribution in [1.82, 2.24) is 0 Å². The molecule has 0 aliphatic carbocycles. The van der Waals surface area contributed by atoms with Gasteiger partial charge < -0.3 is 24.3 Å². The van der Waals surface area contributed by atoms with Crippen LogP contribution in [0.4, 0.5) is 5.69 Å². The van der Waals surface area contributed by atoms with E-state index in [4.69, 9.17) is 18.9 Å². The zero-order valence-electron chi connectivity index (χ0n) is 15.8. The van der Waals surface area contributed by atoms with Crippen LogP contribution in [0.3, 0.4) is 0 Å². The van der Waals surface area contributed by atoms with Gasteiger partial charge in [0.05, 0.1) is 32.1 Å². The molecule has 1 N–H and O–H groups in total. The lowest BCUT2D eigenvalue weighted by molar-refractivity contribution is -0.123. The second-order valence-corrected chi connectivity index (χ2v) is 5.57. The number of esters is 1. The van der Waals surface area contributed by atoms with Crippen LogP contribution in [0, 0.1) is 0 Å². The first-order valence-corrected chi connectivity index (χ1v) is 8.45. The van der Waals surface area contributed by atoms with E-state index in [1.807, 2.05) is 6.92 Å². The highest BCUT2D eigenvalue weighted by atomic mass is 16.5. The average Bonchev–Trinajstić information content (AvgIpc) is 2.68. The highest BCUT2D eigenvalue weighted by Crippen LogP contribution is 2.25. The van der Waals surface area contributed by atoms with Crippen molar-refractivity contribution in [1.29, 1.82) is 0 Å². The van der Waals surface area contributed by atoms with Gasteiger partial charge in [0, 0.05) is 6.07 Å². The van der Waals surface area contributed by atoms with E-state index in [0.29, 0.717) is 29.5 Å². The Kier molecular flexibility index (Phi) is 7.05. The quantitative estimate of drug-likeness (QED) is 0.715. The first-order chi connectivity index (χ1) is 13.0. The second-order valence-electron chi connectivity index (χ2n) is 5.57. The molecule has 0 aliphatic heterocycles. The molecule has 144 valence electrons. The van der Waals surface area contributed by atoms with E-state index < -0.39 is 18.0 Å². The fourth-order valence-electron chi connectivity index (χ4n) is 2.29. The van der Waals surface area contributed by atoms with Crippen molar-refractivity contribution in [3.63, 3.8) is 0 Å². The first kappa shape index (κ1) is 20.1. The van der Waals surface area contributed by atoms with Crippen LogP contribution in [0.5, 0.6) is 17.2 Å². The van der Waals surface area contributed by atoms with E-state index in [1.165, 1.54) is 33.3 Å². The van der Waals surface area contributed by atoms with Gasteiger partial charge in [-0.3, -0.25) is 4.79 Å². The smallest absolute Gasteiger partial charge is 0.339 e. The Hall–Kier alpha value is -3.22. The molecular formula is C20H23NO6. The van der Waals surface area contributed by atoms with Gasteiger partial charge in [0.15, 0.2) is 6.10 Å². The number of carbonyl (C=O) groups excluding carboxylic acids is 2. The number of hydrogen-bond acceptors (Lipinski definition) is 6. The number of benzene rings is 2. The van der Waals surface area contributed by atoms with Crippen molar-refractivity contribution in [2.75, 3.05) is 26.1 Å². The minimum absolute atomic E-state index is 0.223. The van der Waals surface area contributed by atoms with Gasteiger partial charge in [0.1, 0.15) is 17.2 Å². The number of ether oxygens (including phenoxy) is 4. The molecule has 0 aromatic heterocycles. The van der Waals surface area contributed by atoms with Crippen LogP contribution in [0.2, 0.25) is 0 Å². The fourth-order valence-corrected chi connectivity index (χ4v) is 2.29. The van der Waals surface area contributed by atoms with Crippen molar-refractivity contribution >= 4 is 17.6 Å². The van der Waals surface area contributed by atoms with Crippen LogP contribution in [0.1, 0.15) is 24.2 Å². The molecule has 0 aliphatic rings. The number of para-hydroxylation sites is 2. The number of methoxy groups -OCH3 is 2. The Morgan fingerprint density at radius 2 is 1.67 bits per heavy atom. The zero-order chi connectivity index (χ0) is 19.8. The predicted molar refractivity (Wildman–Crippen MR) is 101 cm³/mol. The molecule has 0 spiro atoms. The van der Waals surface area contributed by atoms with Crippen LogP contribution in [-0.4, -0.2) is 38.8 Å². The summed E-state index contributed by atoms with van der Waals surface area (Å²) in [5.41, 5.74) is 0.732. The van der Waals surface area contributed by atoms with E-state index in [0.717, 1.165) is 0 Å². The summed E-state index contributed by atoms with van der Waals surface area (Å²) < 4.78 is 21.0.